The third-order valence-corrected chi connectivity index (χ3v) is 7.29. The number of nitrogens with zero attached hydrogens (tertiary/aromatic N) is 6. The Morgan fingerprint density at radius 2 is 1.83 bits per heavy atom. The van der Waals surface area contributed by atoms with E-state index < -0.39 is 5.60 Å². The van der Waals surface area contributed by atoms with E-state index in [4.69, 9.17) is 10.1 Å². The zero-order chi connectivity index (χ0) is 24.0. The van der Waals surface area contributed by atoms with Gasteiger partial charge in [0.05, 0.1) is 23.5 Å². The Hall–Kier alpha value is -3.52. The second kappa shape index (κ2) is 8.61. The van der Waals surface area contributed by atoms with Crippen molar-refractivity contribution in [3.63, 3.8) is 0 Å². The highest BCUT2D eigenvalue weighted by Crippen LogP contribution is 2.36. The summed E-state index contributed by atoms with van der Waals surface area (Å²) < 4.78 is 15.7. The Balaban J connectivity index is 1.32. The summed E-state index contributed by atoms with van der Waals surface area (Å²) in [6.45, 7) is 4.32. The van der Waals surface area contributed by atoms with Crippen molar-refractivity contribution in [1.82, 2.24) is 19.6 Å². The maximum atomic E-state index is 13.9. The molecule has 1 atom stereocenters. The predicted octanol–water partition coefficient (Wildman–Crippen LogP) is 4.62. The van der Waals surface area contributed by atoms with Crippen LogP contribution in [-0.4, -0.2) is 49.9 Å². The van der Waals surface area contributed by atoms with E-state index in [0.717, 1.165) is 79.6 Å². The van der Waals surface area contributed by atoms with Gasteiger partial charge in [0.1, 0.15) is 23.1 Å². The average Bonchev–Trinajstić information content (AvgIpc) is 3.51. The molecule has 2 fully saturated rings. The first-order chi connectivity index (χ1) is 17.0. The molecule has 7 nitrogen and oxygen atoms in total. The molecular formula is C27H29FN6O. The van der Waals surface area contributed by atoms with Gasteiger partial charge >= 0.3 is 0 Å². The number of hydrogen-bond acceptors (Lipinski definition) is 6. The van der Waals surface area contributed by atoms with E-state index >= 15 is 0 Å². The molecule has 0 amide bonds. The fraction of sp³-hybridized carbons (Fsp3) is 0.370. The quantitative estimate of drug-likeness (QED) is 0.467. The summed E-state index contributed by atoms with van der Waals surface area (Å²) in [5.74, 6) is 1.53. The van der Waals surface area contributed by atoms with Gasteiger partial charge in [-0.3, -0.25) is 0 Å². The van der Waals surface area contributed by atoms with Crippen LogP contribution >= 0.6 is 0 Å². The first kappa shape index (κ1) is 22.0. The van der Waals surface area contributed by atoms with E-state index in [-0.39, 0.29) is 11.9 Å². The van der Waals surface area contributed by atoms with E-state index in [9.17, 15) is 9.50 Å². The lowest BCUT2D eigenvalue weighted by atomic mass is 9.94. The van der Waals surface area contributed by atoms with Crippen molar-refractivity contribution in [2.75, 3.05) is 29.4 Å². The fourth-order valence-corrected chi connectivity index (χ4v) is 5.25. The maximum Gasteiger partial charge on any atom is 0.154 e. The Bertz CT molecular complexity index is 1360. The van der Waals surface area contributed by atoms with Crippen LogP contribution in [0.25, 0.3) is 17.0 Å². The number of rotatable bonds is 4. The summed E-state index contributed by atoms with van der Waals surface area (Å²) >= 11 is 0. The summed E-state index contributed by atoms with van der Waals surface area (Å²) in [6, 6.07) is 16.9. The van der Waals surface area contributed by atoms with Crippen molar-refractivity contribution in [1.29, 1.82) is 0 Å². The molecule has 2 aliphatic heterocycles. The molecule has 0 aliphatic carbocycles. The molecule has 0 saturated carbocycles. The van der Waals surface area contributed by atoms with Crippen LogP contribution in [0.4, 0.5) is 16.0 Å². The van der Waals surface area contributed by atoms with E-state index in [2.05, 4.69) is 14.8 Å². The highest BCUT2D eigenvalue weighted by molar-refractivity contribution is 5.62. The van der Waals surface area contributed by atoms with Crippen LogP contribution in [0.3, 0.4) is 0 Å². The number of pyridine rings is 1. The molecule has 0 unspecified atom stereocenters. The van der Waals surface area contributed by atoms with Crippen LogP contribution in [0.15, 0.2) is 60.8 Å². The highest BCUT2D eigenvalue weighted by atomic mass is 19.1. The largest absolute Gasteiger partial charge is 0.390 e. The number of imidazole rings is 1. The minimum atomic E-state index is -0.602. The monoisotopic (exact) mass is 472 g/mol. The van der Waals surface area contributed by atoms with Crippen LogP contribution in [0.5, 0.6) is 0 Å². The van der Waals surface area contributed by atoms with Gasteiger partial charge in [-0.15, -0.1) is 5.10 Å². The Kier molecular flexibility index (Phi) is 5.40. The van der Waals surface area contributed by atoms with E-state index in [1.165, 1.54) is 6.07 Å². The molecular weight excluding hydrogens is 443 g/mol. The molecule has 4 aromatic rings. The first-order valence-electron chi connectivity index (χ1n) is 12.3. The lowest BCUT2D eigenvalue weighted by molar-refractivity contribution is 0.0350. The number of fused-ring (bicyclic) bond motifs is 1. The van der Waals surface area contributed by atoms with Crippen LogP contribution in [0, 0.1) is 5.82 Å². The summed E-state index contributed by atoms with van der Waals surface area (Å²) in [6.07, 6.45) is 5.26. The van der Waals surface area contributed by atoms with Gasteiger partial charge in [0, 0.05) is 19.6 Å². The summed E-state index contributed by atoms with van der Waals surface area (Å²) in [5, 5.41) is 15.2. The van der Waals surface area contributed by atoms with Gasteiger partial charge in [0.2, 0.25) is 0 Å². The molecule has 0 spiro atoms. The topological polar surface area (TPSA) is 69.8 Å². The minimum Gasteiger partial charge on any atom is -0.390 e. The van der Waals surface area contributed by atoms with Gasteiger partial charge < -0.3 is 14.9 Å². The SMILES string of the molecule is CC1(O)CCN(c2cccc(-c3cnc4ccc(N5CCC[C@@H]5c5cccc(F)c5)nn34)n2)CC1. The molecule has 180 valence electrons. The molecule has 3 aromatic heterocycles. The van der Waals surface area contributed by atoms with E-state index in [1.807, 2.05) is 54.0 Å². The number of halogens is 1. The van der Waals surface area contributed by atoms with Crippen molar-refractivity contribution in [2.24, 2.45) is 0 Å². The predicted molar refractivity (Wildman–Crippen MR) is 134 cm³/mol. The summed E-state index contributed by atoms with van der Waals surface area (Å²) in [4.78, 5) is 14.0. The lowest BCUT2D eigenvalue weighted by Gasteiger charge is -2.36. The Morgan fingerprint density at radius 3 is 2.66 bits per heavy atom. The molecule has 1 aromatic carbocycles. The summed E-state index contributed by atoms with van der Waals surface area (Å²) in [7, 11) is 0. The van der Waals surface area contributed by atoms with Gasteiger partial charge in [-0.2, -0.15) is 0 Å². The normalized spacial score (nSPS) is 20.0. The zero-order valence-electron chi connectivity index (χ0n) is 19.8. The summed E-state index contributed by atoms with van der Waals surface area (Å²) in [5.41, 5.74) is 2.76. The number of hydrogen-bond donors (Lipinski definition) is 1. The molecule has 1 N–H and O–H groups in total. The van der Waals surface area contributed by atoms with Crippen molar-refractivity contribution in [2.45, 2.75) is 44.2 Å². The van der Waals surface area contributed by atoms with Crippen LogP contribution in [0.2, 0.25) is 0 Å². The molecule has 0 bridgehead atoms. The van der Waals surface area contributed by atoms with Crippen LogP contribution in [-0.2, 0) is 0 Å². The average molecular weight is 473 g/mol. The van der Waals surface area contributed by atoms with E-state index in [1.54, 1.807) is 12.1 Å². The minimum absolute atomic E-state index is 0.0976. The highest BCUT2D eigenvalue weighted by Gasteiger charge is 2.29. The van der Waals surface area contributed by atoms with Crippen molar-refractivity contribution < 1.29 is 9.50 Å². The van der Waals surface area contributed by atoms with E-state index in [0.29, 0.717) is 0 Å². The second-order valence-electron chi connectivity index (χ2n) is 9.88. The molecule has 8 heteroatoms. The van der Waals surface area contributed by atoms with Crippen molar-refractivity contribution >= 4 is 17.3 Å². The maximum absolute atomic E-state index is 13.9. The number of aliphatic hydroxyl groups is 1. The number of anilines is 2. The Labute approximate surface area is 203 Å². The standard InChI is InChI=1S/C27H29FN6O/c1-27(35)12-15-32(16-13-27)25-9-3-7-21(30-25)23-18-29-24-10-11-26(31-34(23)24)33-14-4-8-22(33)19-5-2-6-20(28)17-19/h2-3,5-7,9-11,17-18,22,35H,4,8,12-16H2,1H3/t22-/m1/s1. The second-order valence-corrected chi connectivity index (χ2v) is 9.88. The zero-order valence-corrected chi connectivity index (χ0v) is 19.8. The van der Waals surface area contributed by atoms with Crippen molar-refractivity contribution in [3.8, 4) is 11.4 Å². The van der Waals surface area contributed by atoms with Gasteiger partial charge in [-0.25, -0.2) is 18.9 Å². The van der Waals surface area contributed by atoms with Crippen molar-refractivity contribution in [3.05, 3.63) is 72.2 Å². The third kappa shape index (κ3) is 4.23. The van der Waals surface area contributed by atoms with Gasteiger partial charge in [0.15, 0.2) is 5.65 Å². The lowest BCUT2D eigenvalue weighted by Crippen LogP contribution is -2.42. The number of aromatic nitrogens is 4. The molecule has 6 rings (SSSR count). The molecule has 5 heterocycles. The molecule has 2 saturated heterocycles. The first-order valence-corrected chi connectivity index (χ1v) is 12.3. The van der Waals surface area contributed by atoms with Gasteiger partial charge in [0.25, 0.3) is 0 Å². The van der Waals surface area contributed by atoms with Gasteiger partial charge in [-0.05, 0) is 74.6 Å². The van der Waals surface area contributed by atoms with Crippen LogP contribution in [0.1, 0.15) is 44.2 Å². The molecule has 35 heavy (non-hydrogen) atoms. The smallest absolute Gasteiger partial charge is 0.154 e. The van der Waals surface area contributed by atoms with Gasteiger partial charge in [-0.1, -0.05) is 18.2 Å². The number of benzene rings is 1. The molecule has 0 radical (unpaired) electrons. The number of piperidine rings is 1. The fourth-order valence-electron chi connectivity index (χ4n) is 5.25. The third-order valence-electron chi connectivity index (χ3n) is 7.29. The Morgan fingerprint density at radius 1 is 1.00 bits per heavy atom. The molecule has 2 aliphatic rings. The van der Waals surface area contributed by atoms with Crippen LogP contribution < -0.4 is 9.80 Å².